The number of benzene rings is 1. The first-order valence-electron chi connectivity index (χ1n) is 10.4. The van der Waals surface area contributed by atoms with Crippen molar-refractivity contribution in [2.45, 2.75) is 63.3 Å². The van der Waals surface area contributed by atoms with E-state index in [9.17, 15) is 9.59 Å². The van der Waals surface area contributed by atoms with Crippen molar-refractivity contribution < 1.29 is 14.3 Å². The molecule has 5 nitrogen and oxygen atoms in total. The van der Waals surface area contributed by atoms with E-state index in [1.54, 1.807) is 16.2 Å². The number of hydrogen-bond acceptors (Lipinski definition) is 4. The number of nitrogens with one attached hydrogen (secondary N) is 1. The van der Waals surface area contributed by atoms with E-state index in [2.05, 4.69) is 5.32 Å². The van der Waals surface area contributed by atoms with Crippen molar-refractivity contribution in [3.63, 3.8) is 0 Å². The third-order valence-electron chi connectivity index (χ3n) is 6.03. The number of ether oxygens (including phenoxy) is 1. The van der Waals surface area contributed by atoms with Crippen LogP contribution in [0.3, 0.4) is 0 Å². The van der Waals surface area contributed by atoms with Gasteiger partial charge >= 0.3 is 0 Å². The van der Waals surface area contributed by atoms with E-state index >= 15 is 0 Å². The van der Waals surface area contributed by atoms with Gasteiger partial charge in [0.05, 0.1) is 19.1 Å². The van der Waals surface area contributed by atoms with Gasteiger partial charge in [-0.15, -0.1) is 11.3 Å². The summed E-state index contributed by atoms with van der Waals surface area (Å²) in [5.41, 5.74) is 0.425. The Kier molecular flexibility index (Phi) is 6.01. The molecule has 1 saturated heterocycles. The van der Waals surface area contributed by atoms with Gasteiger partial charge in [-0.25, -0.2) is 0 Å². The van der Waals surface area contributed by atoms with Gasteiger partial charge in [-0.3, -0.25) is 14.5 Å². The smallest absolute Gasteiger partial charge is 0.245 e. The van der Waals surface area contributed by atoms with Crippen LogP contribution in [0.25, 0.3) is 0 Å². The Balaban J connectivity index is 1.53. The SMILES string of the molecule is C[C@@H](NC(=O)[C@@H]1COC2(CCCCC2)N1C(=O)Cc1cccs1)c1ccccc1. The third kappa shape index (κ3) is 4.23. The highest BCUT2D eigenvalue weighted by Gasteiger charge is 2.52. The Labute approximate surface area is 176 Å². The van der Waals surface area contributed by atoms with E-state index in [1.165, 1.54) is 0 Å². The molecular formula is C23H28N2O3S. The molecule has 1 aliphatic carbocycles. The maximum Gasteiger partial charge on any atom is 0.245 e. The fourth-order valence-corrected chi connectivity index (χ4v) is 5.22. The maximum absolute atomic E-state index is 13.3. The summed E-state index contributed by atoms with van der Waals surface area (Å²) in [4.78, 5) is 29.3. The summed E-state index contributed by atoms with van der Waals surface area (Å²) in [7, 11) is 0. The van der Waals surface area contributed by atoms with Gasteiger partial charge in [-0.1, -0.05) is 42.8 Å². The second-order valence-corrected chi connectivity index (χ2v) is 9.03. The summed E-state index contributed by atoms with van der Waals surface area (Å²) in [5, 5.41) is 5.07. The summed E-state index contributed by atoms with van der Waals surface area (Å²) in [5.74, 6) is -0.150. The van der Waals surface area contributed by atoms with Crippen LogP contribution < -0.4 is 5.32 Å². The molecule has 1 saturated carbocycles. The Hall–Kier alpha value is -2.18. The predicted molar refractivity (Wildman–Crippen MR) is 113 cm³/mol. The van der Waals surface area contributed by atoms with E-state index in [0.29, 0.717) is 6.42 Å². The lowest BCUT2D eigenvalue weighted by molar-refractivity contribution is -0.159. The minimum absolute atomic E-state index is 0.0145. The lowest BCUT2D eigenvalue weighted by Crippen LogP contribution is -2.57. The van der Waals surface area contributed by atoms with E-state index < -0.39 is 11.8 Å². The summed E-state index contributed by atoms with van der Waals surface area (Å²) < 4.78 is 6.20. The molecule has 1 N–H and O–H groups in total. The monoisotopic (exact) mass is 412 g/mol. The zero-order valence-corrected chi connectivity index (χ0v) is 17.6. The van der Waals surface area contributed by atoms with Gasteiger partial charge in [0, 0.05) is 4.88 Å². The first-order chi connectivity index (χ1) is 14.1. The number of thiophene rings is 1. The lowest BCUT2D eigenvalue weighted by Gasteiger charge is -2.41. The zero-order valence-electron chi connectivity index (χ0n) is 16.8. The summed E-state index contributed by atoms with van der Waals surface area (Å²) in [6.07, 6.45) is 5.14. The minimum Gasteiger partial charge on any atom is -0.353 e. The van der Waals surface area contributed by atoms with Crippen LogP contribution >= 0.6 is 11.3 Å². The average Bonchev–Trinajstić information content (AvgIpc) is 3.37. The topological polar surface area (TPSA) is 58.6 Å². The molecule has 0 radical (unpaired) electrons. The molecule has 2 aliphatic rings. The highest BCUT2D eigenvalue weighted by molar-refractivity contribution is 7.10. The number of rotatable bonds is 5. The molecule has 2 atom stereocenters. The van der Waals surface area contributed by atoms with Crippen molar-refractivity contribution in [3.8, 4) is 0 Å². The molecule has 1 spiro atoms. The Morgan fingerprint density at radius 2 is 1.93 bits per heavy atom. The number of nitrogens with zero attached hydrogens (tertiary/aromatic N) is 1. The number of carbonyl (C=O) groups is 2. The van der Waals surface area contributed by atoms with Crippen LogP contribution in [0.4, 0.5) is 0 Å². The van der Waals surface area contributed by atoms with E-state index in [4.69, 9.17) is 4.74 Å². The fraction of sp³-hybridized carbons (Fsp3) is 0.478. The molecular weight excluding hydrogens is 384 g/mol. The van der Waals surface area contributed by atoms with E-state index in [-0.39, 0.29) is 24.5 Å². The normalized spacial score (nSPS) is 21.8. The van der Waals surface area contributed by atoms with Crippen molar-refractivity contribution in [2.75, 3.05) is 6.61 Å². The quantitative estimate of drug-likeness (QED) is 0.806. The molecule has 2 aromatic rings. The van der Waals surface area contributed by atoms with Crippen molar-refractivity contribution in [1.29, 1.82) is 0 Å². The molecule has 2 heterocycles. The molecule has 0 bridgehead atoms. The molecule has 1 aliphatic heterocycles. The van der Waals surface area contributed by atoms with Crippen LogP contribution in [-0.4, -0.2) is 35.1 Å². The number of amides is 2. The van der Waals surface area contributed by atoms with Gasteiger partial charge < -0.3 is 10.1 Å². The van der Waals surface area contributed by atoms with Crippen LogP contribution in [-0.2, 0) is 20.7 Å². The molecule has 0 unspecified atom stereocenters. The minimum atomic E-state index is -0.620. The molecule has 154 valence electrons. The Morgan fingerprint density at radius 1 is 1.17 bits per heavy atom. The highest BCUT2D eigenvalue weighted by Crippen LogP contribution is 2.41. The third-order valence-corrected chi connectivity index (χ3v) is 6.91. The largest absolute Gasteiger partial charge is 0.353 e. The van der Waals surface area contributed by atoms with Crippen molar-refractivity contribution in [1.82, 2.24) is 10.2 Å². The highest BCUT2D eigenvalue weighted by atomic mass is 32.1. The van der Waals surface area contributed by atoms with Gasteiger partial charge in [0.15, 0.2) is 0 Å². The van der Waals surface area contributed by atoms with Crippen molar-refractivity contribution >= 4 is 23.2 Å². The van der Waals surface area contributed by atoms with Gasteiger partial charge in [-0.2, -0.15) is 0 Å². The number of hydrogen-bond donors (Lipinski definition) is 1. The Morgan fingerprint density at radius 3 is 2.62 bits per heavy atom. The molecule has 2 amide bonds. The first-order valence-corrected chi connectivity index (χ1v) is 11.3. The van der Waals surface area contributed by atoms with Gasteiger partial charge in [0.25, 0.3) is 0 Å². The molecule has 1 aromatic heterocycles. The Bertz CT molecular complexity index is 831. The molecule has 4 rings (SSSR count). The first kappa shape index (κ1) is 20.1. The van der Waals surface area contributed by atoms with Crippen LogP contribution in [0.15, 0.2) is 47.8 Å². The van der Waals surface area contributed by atoms with Crippen LogP contribution in [0.2, 0.25) is 0 Å². The maximum atomic E-state index is 13.3. The zero-order chi connectivity index (χ0) is 20.3. The second kappa shape index (κ2) is 8.67. The van der Waals surface area contributed by atoms with Crippen molar-refractivity contribution in [2.24, 2.45) is 0 Å². The molecule has 6 heteroatoms. The van der Waals surface area contributed by atoms with Gasteiger partial charge in [0.2, 0.25) is 11.8 Å². The fourth-order valence-electron chi connectivity index (χ4n) is 4.53. The molecule has 2 fully saturated rings. The van der Waals surface area contributed by atoms with E-state index in [1.807, 2.05) is 54.8 Å². The van der Waals surface area contributed by atoms with Crippen LogP contribution in [0.5, 0.6) is 0 Å². The summed E-state index contributed by atoms with van der Waals surface area (Å²) in [6, 6.07) is 13.1. The molecule has 29 heavy (non-hydrogen) atoms. The summed E-state index contributed by atoms with van der Waals surface area (Å²) >= 11 is 1.57. The molecule has 1 aromatic carbocycles. The van der Waals surface area contributed by atoms with Gasteiger partial charge in [0.1, 0.15) is 11.8 Å². The van der Waals surface area contributed by atoms with Crippen molar-refractivity contribution in [3.05, 3.63) is 58.3 Å². The lowest BCUT2D eigenvalue weighted by atomic mass is 9.90. The average molecular weight is 413 g/mol. The predicted octanol–water partition coefficient (Wildman–Crippen LogP) is 4.06. The van der Waals surface area contributed by atoms with Gasteiger partial charge in [-0.05, 0) is 49.6 Å². The summed E-state index contributed by atoms with van der Waals surface area (Å²) in [6.45, 7) is 2.24. The van der Waals surface area contributed by atoms with Crippen LogP contribution in [0, 0.1) is 0 Å². The number of carbonyl (C=O) groups excluding carboxylic acids is 2. The second-order valence-electron chi connectivity index (χ2n) is 7.99. The van der Waals surface area contributed by atoms with Crippen LogP contribution in [0.1, 0.15) is 55.5 Å². The van der Waals surface area contributed by atoms with E-state index in [0.717, 1.165) is 42.5 Å². The standard InChI is InChI=1S/C23H28N2O3S/c1-17(18-9-4-2-5-10-18)24-22(27)20-16-28-23(12-6-3-7-13-23)25(20)21(26)15-19-11-8-14-29-19/h2,4-5,8-11,14,17,20H,3,6-7,12-13,15-16H2,1H3,(H,24,27)/t17-,20+/m1/s1.